The quantitative estimate of drug-likeness (QED) is 0.827. The van der Waals surface area contributed by atoms with Crippen LogP contribution in [-0.4, -0.2) is 10.1 Å². The standard InChI is InChI=1S/C9H9NOS2/c1-9(11,7-2-3-12-5-7)8-4-10-6-13-8/h2-6,11H,1H3. The number of hydrogen-bond acceptors (Lipinski definition) is 4. The molecule has 0 radical (unpaired) electrons. The summed E-state index contributed by atoms with van der Waals surface area (Å²) in [5, 5.41) is 14.1. The van der Waals surface area contributed by atoms with E-state index in [-0.39, 0.29) is 0 Å². The van der Waals surface area contributed by atoms with Crippen molar-refractivity contribution in [3.63, 3.8) is 0 Å². The Morgan fingerprint density at radius 1 is 1.54 bits per heavy atom. The van der Waals surface area contributed by atoms with Gasteiger partial charge in [0.2, 0.25) is 0 Å². The molecule has 0 saturated carbocycles. The molecule has 0 spiro atoms. The summed E-state index contributed by atoms with van der Waals surface area (Å²) >= 11 is 3.06. The number of nitrogens with zero attached hydrogens (tertiary/aromatic N) is 1. The lowest BCUT2D eigenvalue weighted by Gasteiger charge is -2.19. The third-order valence-corrected chi connectivity index (χ3v) is 3.66. The van der Waals surface area contributed by atoms with Gasteiger partial charge in [0.25, 0.3) is 0 Å². The highest BCUT2D eigenvalue weighted by atomic mass is 32.1. The summed E-state index contributed by atoms with van der Waals surface area (Å²) in [6.07, 6.45) is 1.71. The van der Waals surface area contributed by atoms with E-state index in [1.54, 1.807) is 30.0 Å². The molecule has 1 unspecified atom stereocenters. The number of thiazole rings is 1. The highest BCUT2D eigenvalue weighted by Crippen LogP contribution is 2.32. The predicted molar refractivity (Wildman–Crippen MR) is 55.1 cm³/mol. The van der Waals surface area contributed by atoms with Gasteiger partial charge in [0.1, 0.15) is 5.60 Å². The fraction of sp³-hybridized carbons (Fsp3) is 0.222. The molecule has 13 heavy (non-hydrogen) atoms. The molecular weight excluding hydrogens is 202 g/mol. The monoisotopic (exact) mass is 211 g/mol. The van der Waals surface area contributed by atoms with Crippen LogP contribution in [0.15, 0.2) is 28.5 Å². The van der Waals surface area contributed by atoms with Crippen LogP contribution in [0.4, 0.5) is 0 Å². The molecule has 0 bridgehead atoms. The van der Waals surface area contributed by atoms with E-state index in [0.29, 0.717) is 0 Å². The second kappa shape index (κ2) is 3.21. The molecule has 2 aromatic heterocycles. The lowest BCUT2D eigenvalue weighted by Crippen LogP contribution is -2.20. The van der Waals surface area contributed by atoms with E-state index in [4.69, 9.17) is 0 Å². The van der Waals surface area contributed by atoms with E-state index in [1.165, 1.54) is 11.3 Å². The Balaban J connectivity index is 2.42. The van der Waals surface area contributed by atoms with Crippen molar-refractivity contribution >= 4 is 22.7 Å². The number of rotatable bonds is 2. The van der Waals surface area contributed by atoms with Crippen LogP contribution in [0.25, 0.3) is 0 Å². The minimum atomic E-state index is -0.888. The summed E-state index contributed by atoms with van der Waals surface area (Å²) in [7, 11) is 0. The third kappa shape index (κ3) is 1.52. The van der Waals surface area contributed by atoms with E-state index >= 15 is 0 Å². The van der Waals surface area contributed by atoms with E-state index in [2.05, 4.69) is 4.98 Å². The largest absolute Gasteiger partial charge is 0.380 e. The van der Waals surface area contributed by atoms with Gasteiger partial charge >= 0.3 is 0 Å². The van der Waals surface area contributed by atoms with Gasteiger partial charge in [-0.25, -0.2) is 0 Å². The highest BCUT2D eigenvalue weighted by molar-refractivity contribution is 7.10. The summed E-state index contributed by atoms with van der Waals surface area (Å²) < 4.78 is 0. The minimum absolute atomic E-state index is 0.880. The van der Waals surface area contributed by atoms with Crippen LogP contribution < -0.4 is 0 Å². The summed E-state index contributed by atoms with van der Waals surface area (Å²) in [6.45, 7) is 1.79. The van der Waals surface area contributed by atoms with Crippen molar-refractivity contribution in [2.45, 2.75) is 12.5 Å². The molecule has 4 heteroatoms. The van der Waals surface area contributed by atoms with Gasteiger partial charge in [0.15, 0.2) is 0 Å². The van der Waals surface area contributed by atoms with Gasteiger partial charge < -0.3 is 5.11 Å². The Labute approximate surface area is 84.5 Å². The number of thiophene rings is 1. The molecule has 2 aromatic rings. The Hall–Kier alpha value is -0.710. The van der Waals surface area contributed by atoms with Gasteiger partial charge in [-0.3, -0.25) is 4.98 Å². The Kier molecular flexibility index (Phi) is 2.19. The molecule has 0 fully saturated rings. The molecule has 0 aliphatic carbocycles. The van der Waals surface area contributed by atoms with Crippen LogP contribution in [0, 0.1) is 0 Å². The van der Waals surface area contributed by atoms with Gasteiger partial charge in [-0.2, -0.15) is 11.3 Å². The fourth-order valence-electron chi connectivity index (χ4n) is 1.14. The van der Waals surface area contributed by atoms with Gasteiger partial charge in [-0.15, -0.1) is 11.3 Å². The van der Waals surface area contributed by atoms with E-state index in [0.717, 1.165) is 10.4 Å². The van der Waals surface area contributed by atoms with E-state index in [1.807, 2.05) is 16.8 Å². The van der Waals surface area contributed by atoms with Crippen LogP contribution in [-0.2, 0) is 5.60 Å². The summed E-state index contributed by atoms with van der Waals surface area (Å²) in [5.74, 6) is 0. The average molecular weight is 211 g/mol. The molecule has 0 amide bonds. The molecule has 0 aliphatic rings. The molecule has 68 valence electrons. The van der Waals surface area contributed by atoms with Crippen molar-refractivity contribution in [1.29, 1.82) is 0 Å². The second-order valence-corrected chi connectivity index (χ2v) is 4.62. The van der Waals surface area contributed by atoms with Crippen LogP contribution >= 0.6 is 22.7 Å². The zero-order valence-corrected chi connectivity index (χ0v) is 8.73. The molecule has 2 heterocycles. The minimum Gasteiger partial charge on any atom is -0.380 e. The second-order valence-electron chi connectivity index (χ2n) is 2.95. The van der Waals surface area contributed by atoms with Crippen molar-refractivity contribution in [2.75, 3.05) is 0 Å². The van der Waals surface area contributed by atoms with Gasteiger partial charge in [-0.1, -0.05) is 0 Å². The highest BCUT2D eigenvalue weighted by Gasteiger charge is 2.27. The smallest absolute Gasteiger partial charge is 0.123 e. The molecule has 1 atom stereocenters. The van der Waals surface area contributed by atoms with Crippen LogP contribution in [0.5, 0.6) is 0 Å². The SMILES string of the molecule is CC(O)(c1ccsc1)c1cncs1. The Morgan fingerprint density at radius 2 is 2.38 bits per heavy atom. The predicted octanol–water partition coefficient (Wildman–Crippen LogP) is 2.46. The first-order chi connectivity index (χ1) is 6.21. The van der Waals surface area contributed by atoms with E-state index < -0.39 is 5.60 Å². The van der Waals surface area contributed by atoms with Crippen LogP contribution in [0.1, 0.15) is 17.4 Å². The van der Waals surface area contributed by atoms with Crippen LogP contribution in [0.2, 0.25) is 0 Å². The van der Waals surface area contributed by atoms with Crippen molar-refractivity contribution in [3.05, 3.63) is 39.0 Å². The first kappa shape index (κ1) is 8.87. The lowest BCUT2D eigenvalue weighted by atomic mass is 9.98. The zero-order chi connectivity index (χ0) is 9.31. The molecule has 0 aliphatic heterocycles. The van der Waals surface area contributed by atoms with Gasteiger partial charge in [0, 0.05) is 6.20 Å². The Bertz CT molecular complexity index is 328. The molecular formula is C9H9NOS2. The topological polar surface area (TPSA) is 33.1 Å². The third-order valence-electron chi connectivity index (χ3n) is 2.00. The van der Waals surface area contributed by atoms with Crippen molar-refractivity contribution in [2.24, 2.45) is 0 Å². The maximum absolute atomic E-state index is 10.2. The molecule has 2 nitrogen and oxygen atoms in total. The first-order valence-corrected chi connectivity index (χ1v) is 5.67. The Morgan fingerprint density at radius 3 is 2.92 bits per heavy atom. The maximum Gasteiger partial charge on any atom is 0.123 e. The normalized spacial score (nSPS) is 15.5. The van der Waals surface area contributed by atoms with E-state index in [9.17, 15) is 5.11 Å². The average Bonchev–Trinajstić information content (AvgIpc) is 2.78. The zero-order valence-electron chi connectivity index (χ0n) is 7.10. The van der Waals surface area contributed by atoms with Crippen molar-refractivity contribution in [1.82, 2.24) is 4.98 Å². The lowest BCUT2D eigenvalue weighted by molar-refractivity contribution is 0.106. The fourth-order valence-corrected chi connectivity index (χ4v) is 2.60. The van der Waals surface area contributed by atoms with Crippen LogP contribution in [0.3, 0.4) is 0 Å². The number of aromatic nitrogens is 1. The van der Waals surface area contributed by atoms with Crippen molar-refractivity contribution in [3.8, 4) is 0 Å². The summed E-state index contributed by atoms with van der Waals surface area (Å²) in [5.41, 5.74) is 1.78. The molecule has 0 aromatic carbocycles. The summed E-state index contributed by atoms with van der Waals surface area (Å²) in [4.78, 5) is 4.84. The number of hydrogen-bond donors (Lipinski definition) is 1. The van der Waals surface area contributed by atoms with Gasteiger partial charge in [0.05, 0.1) is 10.4 Å². The molecule has 1 N–H and O–H groups in total. The number of aliphatic hydroxyl groups is 1. The van der Waals surface area contributed by atoms with Gasteiger partial charge in [-0.05, 0) is 29.3 Å². The van der Waals surface area contributed by atoms with Crippen molar-refractivity contribution < 1.29 is 5.11 Å². The first-order valence-electron chi connectivity index (χ1n) is 3.85. The maximum atomic E-state index is 10.2. The molecule has 2 rings (SSSR count). The summed E-state index contributed by atoms with van der Waals surface area (Å²) in [6, 6.07) is 1.93. The molecule has 0 saturated heterocycles.